The van der Waals surface area contributed by atoms with Gasteiger partial charge in [-0.3, -0.25) is 18.9 Å². The third-order valence-electron chi connectivity index (χ3n) is 3.44. The number of nitrogens with two attached hydrogens (primary N) is 1. The summed E-state index contributed by atoms with van der Waals surface area (Å²) in [6.07, 6.45) is 0. The molecule has 1 aromatic heterocycles. The van der Waals surface area contributed by atoms with E-state index in [1.54, 1.807) is 0 Å². The number of aromatic nitrogens is 1. The molecular weight excluding hydrogens is 427 g/mol. The first-order chi connectivity index (χ1) is 12.5. The summed E-state index contributed by atoms with van der Waals surface area (Å²) in [5.41, 5.74) is 5.24. The molecule has 0 aliphatic carbocycles. The van der Waals surface area contributed by atoms with Gasteiger partial charge in [0, 0.05) is 19.5 Å². The Morgan fingerprint density at radius 1 is 1.50 bits per heavy atom. The third kappa shape index (κ3) is 4.79. The van der Waals surface area contributed by atoms with Crippen molar-refractivity contribution in [2.24, 2.45) is 5.16 Å². The molecule has 0 radical (unpaired) electrons. The third-order valence-corrected chi connectivity index (χ3v) is 5.02. The first-order valence-corrected chi connectivity index (χ1v) is 9.42. The smallest absolute Gasteiger partial charge is 1.00 e. The number of rotatable bonds is 6. The van der Waals surface area contributed by atoms with Crippen LogP contribution in [0.3, 0.4) is 0 Å². The predicted molar refractivity (Wildman–Crippen MR) is 94.0 cm³/mol. The number of oxime groups is 1. The summed E-state index contributed by atoms with van der Waals surface area (Å²) in [6.45, 7) is 0. The molecule has 2 atom stereocenters. The number of nitrogens with zero attached hydrogens (tertiary/aromatic N) is 4. The Balaban J connectivity index is 0.00000392. The molecule has 0 saturated carbocycles. The molecule has 16 heteroatoms. The summed E-state index contributed by atoms with van der Waals surface area (Å²) in [5.74, 6) is -2.95. The van der Waals surface area contributed by atoms with E-state index in [1.165, 1.54) is 26.6 Å². The molecule has 3 amide bonds. The van der Waals surface area contributed by atoms with Gasteiger partial charge in [-0.15, -0.1) is 11.3 Å². The van der Waals surface area contributed by atoms with Gasteiger partial charge < -0.3 is 22.2 Å². The standard InChI is InChI=1S/C12H16N6O7S2.Na.H/c1-17(2)11(21)8-7(10(20)18(8)27(22,23)24)15-9(19)6(16-25-3)5-4-26-12(13)14-5;;/h4,7-8H,1-3H3,(H2,13,14)(H,15,19)(H,22,23,24);;/q;+1;-1/b16-6-;;. The van der Waals surface area contributed by atoms with Crippen molar-refractivity contribution in [1.82, 2.24) is 19.5 Å². The van der Waals surface area contributed by atoms with Crippen LogP contribution in [0.4, 0.5) is 5.13 Å². The summed E-state index contributed by atoms with van der Waals surface area (Å²) < 4.78 is 31.9. The Kier molecular flexibility index (Phi) is 7.92. The first-order valence-electron chi connectivity index (χ1n) is 7.14. The number of amides is 3. The predicted octanol–water partition coefficient (Wildman–Crippen LogP) is -5.22. The van der Waals surface area contributed by atoms with Gasteiger partial charge in [-0.05, 0) is 0 Å². The zero-order valence-electron chi connectivity index (χ0n) is 16.3. The van der Waals surface area contributed by atoms with Crippen molar-refractivity contribution in [3.8, 4) is 0 Å². The second-order valence-corrected chi connectivity index (χ2v) is 7.61. The van der Waals surface area contributed by atoms with Crippen molar-refractivity contribution < 1.29 is 63.2 Å². The number of nitrogen functional groups attached to an aromatic ring is 1. The van der Waals surface area contributed by atoms with Crippen LogP contribution < -0.4 is 40.6 Å². The summed E-state index contributed by atoms with van der Waals surface area (Å²) >= 11 is 1.03. The average Bonchev–Trinajstić information content (AvgIpc) is 2.98. The van der Waals surface area contributed by atoms with E-state index < -0.39 is 40.1 Å². The van der Waals surface area contributed by atoms with Crippen LogP contribution in [0.15, 0.2) is 10.5 Å². The maximum Gasteiger partial charge on any atom is 1.00 e. The van der Waals surface area contributed by atoms with E-state index in [-0.39, 0.29) is 51.8 Å². The van der Waals surface area contributed by atoms with Gasteiger partial charge in [0.05, 0.1) is 0 Å². The molecule has 4 N–H and O–H groups in total. The molecule has 150 valence electrons. The van der Waals surface area contributed by atoms with Crippen molar-refractivity contribution >= 4 is 50.2 Å². The second kappa shape index (κ2) is 9.15. The maximum absolute atomic E-state index is 12.5. The number of thiazole rings is 1. The van der Waals surface area contributed by atoms with Crippen LogP contribution in [0.2, 0.25) is 0 Å². The van der Waals surface area contributed by atoms with E-state index >= 15 is 0 Å². The van der Waals surface area contributed by atoms with Crippen LogP contribution in [-0.2, 0) is 29.5 Å². The fraction of sp³-hybridized carbons (Fsp3) is 0.417. The quantitative estimate of drug-likeness (QED) is 0.127. The van der Waals surface area contributed by atoms with Gasteiger partial charge in [-0.1, -0.05) is 5.16 Å². The number of carbonyl (C=O) groups excluding carboxylic acids is 3. The molecule has 1 aliphatic rings. The molecule has 1 fully saturated rings. The normalized spacial score (nSPS) is 19.4. The maximum atomic E-state index is 12.5. The molecule has 13 nitrogen and oxygen atoms in total. The van der Waals surface area contributed by atoms with E-state index in [0.29, 0.717) is 0 Å². The van der Waals surface area contributed by atoms with Gasteiger partial charge in [0.2, 0.25) is 5.91 Å². The van der Waals surface area contributed by atoms with Gasteiger partial charge in [-0.2, -0.15) is 12.7 Å². The van der Waals surface area contributed by atoms with Gasteiger partial charge in [0.15, 0.2) is 16.9 Å². The van der Waals surface area contributed by atoms with E-state index in [0.717, 1.165) is 16.2 Å². The number of nitrogens with one attached hydrogen (secondary N) is 1. The molecule has 1 aliphatic heterocycles. The van der Waals surface area contributed by atoms with E-state index in [2.05, 4.69) is 20.3 Å². The molecule has 0 aromatic carbocycles. The topological polar surface area (TPSA) is 185 Å². The minimum atomic E-state index is -4.99. The Labute approximate surface area is 187 Å². The summed E-state index contributed by atoms with van der Waals surface area (Å²) in [5, 5.41) is 7.30. The van der Waals surface area contributed by atoms with Crippen LogP contribution in [0.5, 0.6) is 0 Å². The molecule has 1 aromatic rings. The van der Waals surface area contributed by atoms with Crippen LogP contribution in [0, 0.1) is 0 Å². The zero-order chi connectivity index (χ0) is 20.5. The zero-order valence-corrected chi connectivity index (χ0v) is 18.9. The molecular formula is C12H17N6NaO7S2. The van der Waals surface area contributed by atoms with E-state index in [1.807, 2.05) is 0 Å². The van der Waals surface area contributed by atoms with Crippen molar-refractivity contribution in [3.63, 3.8) is 0 Å². The van der Waals surface area contributed by atoms with Gasteiger partial charge in [0.1, 0.15) is 18.8 Å². The summed E-state index contributed by atoms with van der Waals surface area (Å²) in [7, 11) is -1.17. The molecule has 2 rings (SSSR count). The number of anilines is 1. The van der Waals surface area contributed by atoms with Crippen molar-refractivity contribution in [3.05, 3.63) is 11.1 Å². The molecule has 2 unspecified atom stereocenters. The fourth-order valence-corrected chi connectivity index (χ4v) is 3.66. The Morgan fingerprint density at radius 2 is 2.11 bits per heavy atom. The Bertz CT molecular complexity index is 922. The molecule has 0 spiro atoms. The number of carbonyl (C=O) groups is 3. The minimum absolute atomic E-state index is 0. The van der Waals surface area contributed by atoms with E-state index in [9.17, 15) is 22.8 Å². The SMILES string of the molecule is CO/N=C(\C(=O)NC1C(=O)N(S(=O)(=O)O)C1C(=O)N(C)C)c1csc(N)n1.[H-].[Na+]. The van der Waals surface area contributed by atoms with Crippen LogP contribution >= 0.6 is 11.3 Å². The number of β-lactam (4-membered cyclic amide) rings is 1. The largest absolute Gasteiger partial charge is 1.00 e. The number of hydrogen-bond donors (Lipinski definition) is 3. The molecule has 2 heterocycles. The van der Waals surface area contributed by atoms with Gasteiger partial charge in [0.25, 0.3) is 11.8 Å². The van der Waals surface area contributed by atoms with Gasteiger partial charge >= 0.3 is 39.9 Å². The summed E-state index contributed by atoms with van der Waals surface area (Å²) in [4.78, 5) is 46.3. The summed E-state index contributed by atoms with van der Waals surface area (Å²) in [6, 6.07) is -3.18. The monoisotopic (exact) mass is 444 g/mol. The van der Waals surface area contributed by atoms with Crippen LogP contribution in [0.1, 0.15) is 7.12 Å². The van der Waals surface area contributed by atoms with Gasteiger partial charge in [-0.25, -0.2) is 4.98 Å². The number of hydrogen-bond acceptors (Lipinski definition) is 10. The van der Waals surface area contributed by atoms with Crippen molar-refractivity contribution in [1.29, 1.82) is 0 Å². The molecule has 28 heavy (non-hydrogen) atoms. The fourth-order valence-electron chi connectivity index (χ4n) is 2.27. The minimum Gasteiger partial charge on any atom is -1.00 e. The van der Waals surface area contributed by atoms with Crippen molar-refractivity contribution in [2.75, 3.05) is 26.9 Å². The van der Waals surface area contributed by atoms with Crippen LogP contribution in [0.25, 0.3) is 0 Å². The first kappa shape index (κ1) is 24.3. The van der Waals surface area contributed by atoms with Crippen molar-refractivity contribution in [2.45, 2.75) is 12.1 Å². The Hall–Kier alpha value is -1.78. The Morgan fingerprint density at radius 3 is 2.54 bits per heavy atom. The second-order valence-electron chi connectivity index (χ2n) is 5.43. The van der Waals surface area contributed by atoms with Crippen LogP contribution in [-0.4, -0.2) is 83.9 Å². The molecule has 0 bridgehead atoms. The molecule has 1 saturated heterocycles. The average molecular weight is 444 g/mol. The van der Waals surface area contributed by atoms with E-state index in [4.69, 9.17) is 10.3 Å². The number of likely N-dealkylation sites (N-methyl/N-ethyl adjacent to an activating group) is 1.